The summed E-state index contributed by atoms with van der Waals surface area (Å²) in [6, 6.07) is 7.88. The van der Waals surface area contributed by atoms with E-state index in [0.717, 1.165) is 33.3 Å². The third kappa shape index (κ3) is 1.79. The standard InChI is InChI=1S/C15H13NO2S/c1-17-11-7-8-12(18-2)14-13(11)15(19)9-5-3-4-6-10(9)16-14/h3-8,13H,1-2H3. The Morgan fingerprint density at radius 3 is 2.63 bits per heavy atom. The topological polar surface area (TPSA) is 30.8 Å². The van der Waals surface area contributed by atoms with Gasteiger partial charge in [-0.15, -0.1) is 0 Å². The van der Waals surface area contributed by atoms with Crippen LogP contribution in [0.3, 0.4) is 0 Å². The second-order valence-corrected chi connectivity index (χ2v) is 4.76. The maximum absolute atomic E-state index is 5.62. The summed E-state index contributed by atoms with van der Waals surface area (Å²) < 4.78 is 10.8. The molecule has 1 aliphatic carbocycles. The van der Waals surface area contributed by atoms with Gasteiger partial charge < -0.3 is 9.47 Å². The minimum atomic E-state index is -0.130. The Balaban J connectivity index is 2.21. The van der Waals surface area contributed by atoms with Crippen molar-refractivity contribution < 1.29 is 9.47 Å². The number of benzene rings is 1. The molecule has 1 atom stereocenters. The van der Waals surface area contributed by atoms with E-state index < -0.39 is 0 Å². The molecule has 0 N–H and O–H groups in total. The van der Waals surface area contributed by atoms with Crippen LogP contribution in [0.4, 0.5) is 5.69 Å². The Labute approximate surface area is 117 Å². The molecule has 3 nitrogen and oxygen atoms in total. The molecule has 1 heterocycles. The van der Waals surface area contributed by atoms with Gasteiger partial charge in [-0.05, 0) is 18.2 Å². The molecule has 3 rings (SSSR count). The van der Waals surface area contributed by atoms with Crippen molar-refractivity contribution in [3.05, 3.63) is 53.5 Å². The van der Waals surface area contributed by atoms with E-state index in [2.05, 4.69) is 4.99 Å². The summed E-state index contributed by atoms with van der Waals surface area (Å²) in [5.74, 6) is 1.41. The Bertz CT molecular complexity index is 643. The third-order valence-electron chi connectivity index (χ3n) is 3.34. The van der Waals surface area contributed by atoms with Gasteiger partial charge in [0.2, 0.25) is 0 Å². The maximum Gasteiger partial charge on any atom is 0.141 e. The minimum Gasteiger partial charge on any atom is -0.500 e. The van der Waals surface area contributed by atoms with Crippen molar-refractivity contribution in [1.82, 2.24) is 0 Å². The largest absolute Gasteiger partial charge is 0.500 e. The Morgan fingerprint density at radius 2 is 1.89 bits per heavy atom. The van der Waals surface area contributed by atoms with E-state index >= 15 is 0 Å². The molecule has 1 aromatic carbocycles. The maximum atomic E-state index is 5.62. The van der Waals surface area contributed by atoms with E-state index in [4.69, 9.17) is 21.7 Å². The summed E-state index contributed by atoms with van der Waals surface area (Å²) in [5.41, 5.74) is 2.70. The molecule has 0 bridgehead atoms. The normalized spacial score (nSPS) is 20.6. The number of methoxy groups -OCH3 is 2. The molecule has 19 heavy (non-hydrogen) atoms. The van der Waals surface area contributed by atoms with Crippen molar-refractivity contribution in [2.45, 2.75) is 0 Å². The molecule has 2 aliphatic rings. The highest BCUT2D eigenvalue weighted by Crippen LogP contribution is 2.36. The van der Waals surface area contributed by atoms with Gasteiger partial charge in [0.25, 0.3) is 0 Å². The minimum absolute atomic E-state index is 0.130. The fourth-order valence-electron chi connectivity index (χ4n) is 2.41. The highest BCUT2D eigenvalue weighted by atomic mass is 32.1. The number of fused-ring (bicyclic) bond motifs is 2. The van der Waals surface area contributed by atoms with Crippen LogP contribution in [0.2, 0.25) is 0 Å². The Morgan fingerprint density at radius 1 is 1.11 bits per heavy atom. The lowest BCUT2D eigenvalue weighted by Gasteiger charge is -2.29. The summed E-state index contributed by atoms with van der Waals surface area (Å²) in [5, 5.41) is 0. The van der Waals surface area contributed by atoms with Crippen LogP contribution in [0.1, 0.15) is 5.56 Å². The van der Waals surface area contributed by atoms with Gasteiger partial charge in [-0.1, -0.05) is 30.4 Å². The predicted molar refractivity (Wildman–Crippen MR) is 78.9 cm³/mol. The second kappa shape index (κ2) is 4.63. The van der Waals surface area contributed by atoms with Gasteiger partial charge in [0.15, 0.2) is 0 Å². The number of ether oxygens (including phenoxy) is 2. The lowest BCUT2D eigenvalue weighted by molar-refractivity contribution is 0.268. The molecule has 0 radical (unpaired) electrons. The van der Waals surface area contributed by atoms with E-state index in [1.807, 2.05) is 36.4 Å². The second-order valence-electron chi connectivity index (χ2n) is 4.32. The molecule has 1 aromatic rings. The summed E-state index contributed by atoms with van der Waals surface area (Å²) in [6.45, 7) is 0. The van der Waals surface area contributed by atoms with E-state index in [0.29, 0.717) is 0 Å². The molecule has 0 fully saturated rings. The fraction of sp³-hybridized carbons (Fsp3) is 0.200. The molecule has 4 heteroatoms. The lowest BCUT2D eigenvalue weighted by atomic mass is 9.85. The molecule has 0 aromatic heterocycles. The van der Waals surface area contributed by atoms with Crippen molar-refractivity contribution in [3.63, 3.8) is 0 Å². The summed E-state index contributed by atoms with van der Waals surface area (Å²) in [7, 11) is 3.29. The van der Waals surface area contributed by atoms with E-state index in [-0.39, 0.29) is 5.92 Å². The SMILES string of the molecule is COC1=CC=C(OC)C2C(=S)c3ccccc3N=C12. The van der Waals surface area contributed by atoms with Crippen LogP contribution in [0.5, 0.6) is 0 Å². The monoisotopic (exact) mass is 271 g/mol. The van der Waals surface area contributed by atoms with Gasteiger partial charge in [-0.2, -0.15) is 0 Å². The van der Waals surface area contributed by atoms with Crippen LogP contribution < -0.4 is 0 Å². The number of aliphatic imine (C=N–C) groups is 1. The van der Waals surface area contributed by atoms with Gasteiger partial charge in [0, 0.05) is 10.4 Å². The van der Waals surface area contributed by atoms with Gasteiger partial charge in [-0.3, -0.25) is 0 Å². The number of hydrogen-bond donors (Lipinski definition) is 0. The van der Waals surface area contributed by atoms with E-state index in [1.165, 1.54) is 0 Å². The lowest BCUT2D eigenvalue weighted by Crippen LogP contribution is -2.32. The third-order valence-corrected chi connectivity index (χ3v) is 3.79. The number of para-hydroxylation sites is 1. The van der Waals surface area contributed by atoms with Gasteiger partial charge in [-0.25, -0.2) is 4.99 Å². The van der Waals surface area contributed by atoms with Crippen LogP contribution in [0, 0.1) is 5.92 Å². The van der Waals surface area contributed by atoms with E-state index in [1.54, 1.807) is 14.2 Å². The average Bonchev–Trinajstić information content (AvgIpc) is 2.46. The first-order valence-electron chi connectivity index (χ1n) is 5.98. The smallest absolute Gasteiger partial charge is 0.141 e. The first-order valence-corrected chi connectivity index (χ1v) is 6.39. The zero-order valence-electron chi connectivity index (χ0n) is 10.7. The van der Waals surface area contributed by atoms with Crippen molar-refractivity contribution in [2.75, 3.05) is 14.2 Å². The Kier molecular flexibility index (Phi) is 2.95. The van der Waals surface area contributed by atoms with Gasteiger partial charge >= 0.3 is 0 Å². The average molecular weight is 271 g/mol. The van der Waals surface area contributed by atoms with Crippen LogP contribution in [-0.2, 0) is 9.47 Å². The van der Waals surface area contributed by atoms with Crippen molar-refractivity contribution in [2.24, 2.45) is 10.9 Å². The molecule has 0 amide bonds. The number of hydrogen-bond acceptors (Lipinski definition) is 4. The highest BCUT2D eigenvalue weighted by molar-refractivity contribution is 7.81. The molecular formula is C15H13NO2S. The van der Waals surface area contributed by atoms with Crippen LogP contribution in [0.25, 0.3) is 0 Å². The molecular weight excluding hydrogens is 258 g/mol. The zero-order valence-corrected chi connectivity index (χ0v) is 11.5. The summed E-state index contributed by atoms with van der Waals surface area (Å²) >= 11 is 5.62. The van der Waals surface area contributed by atoms with Crippen molar-refractivity contribution in [1.29, 1.82) is 0 Å². The first-order chi connectivity index (χ1) is 9.26. The van der Waals surface area contributed by atoms with Crippen LogP contribution in [-0.4, -0.2) is 24.8 Å². The number of allylic oxidation sites excluding steroid dienone is 4. The number of thiocarbonyl (C=S) groups is 1. The molecule has 1 unspecified atom stereocenters. The van der Waals surface area contributed by atoms with Crippen molar-refractivity contribution in [3.8, 4) is 0 Å². The number of nitrogens with zero attached hydrogens (tertiary/aromatic N) is 1. The molecule has 96 valence electrons. The molecule has 0 spiro atoms. The van der Waals surface area contributed by atoms with Crippen molar-refractivity contribution >= 4 is 28.5 Å². The highest BCUT2D eigenvalue weighted by Gasteiger charge is 2.36. The zero-order chi connectivity index (χ0) is 13.4. The predicted octanol–water partition coefficient (Wildman–Crippen LogP) is 3.18. The van der Waals surface area contributed by atoms with Crippen LogP contribution in [0.15, 0.2) is 52.9 Å². The van der Waals surface area contributed by atoms with E-state index in [9.17, 15) is 0 Å². The fourth-order valence-corrected chi connectivity index (χ4v) is 2.81. The van der Waals surface area contributed by atoms with Gasteiger partial charge in [0.05, 0.1) is 31.5 Å². The van der Waals surface area contributed by atoms with Gasteiger partial charge in [0.1, 0.15) is 11.5 Å². The Hall–Kier alpha value is -1.94. The number of rotatable bonds is 2. The summed E-state index contributed by atoms with van der Waals surface area (Å²) in [6.07, 6.45) is 3.76. The molecule has 0 saturated heterocycles. The van der Waals surface area contributed by atoms with Crippen LogP contribution >= 0.6 is 12.2 Å². The molecule has 0 saturated carbocycles. The quantitative estimate of drug-likeness (QED) is 0.774. The molecule has 1 aliphatic heterocycles. The first kappa shape index (κ1) is 12.1. The summed E-state index contributed by atoms with van der Waals surface area (Å²) in [4.78, 5) is 5.51.